The van der Waals surface area contributed by atoms with Crippen LogP contribution in [0, 0.1) is 25.7 Å². The molecule has 180 valence electrons. The fourth-order valence-electron chi connectivity index (χ4n) is 6.07. The molecule has 33 heavy (non-hydrogen) atoms. The Bertz CT molecular complexity index is 926. The summed E-state index contributed by atoms with van der Waals surface area (Å²) in [5.41, 5.74) is 1.52. The molecule has 3 heterocycles. The van der Waals surface area contributed by atoms with E-state index in [4.69, 9.17) is 4.74 Å². The first kappa shape index (κ1) is 23.7. The summed E-state index contributed by atoms with van der Waals surface area (Å²) in [5.74, 6) is -2.12. The third kappa shape index (κ3) is 3.64. The first-order valence-electron chi connectivity index (χ1n) is 12.1. The van der Waals surface area contributed by atoms with Crippen molar-refractivity contribution < 1.29 is 24.2 Å². The summed E-state index contributed by atoms with van der Waals surface area (Å²) >= 11 is 0. The van der Waals surface area contributed by atoms with Crippen LogP contribution < -0.4 is 10.6 Å². The van der Waals surface area contributed by atoms with Crippen molar-refractivity contribution in [1.82, 2.24) is 10.2 Å². The van der Waals surface area contributed by atoms with Gasteiger partial charge in [0.1, 0.15) is 11.6 Å². The maximum absolute atomic E-state index is 13.8. The molecule has 4 rings (SSSR count). The third-order valence-electron chi connectivity index (χ3n) is 7.64. The maximum atomic E-state index is 13.8. The number of para-hydroxylation sites is 1. The lowest BCUT2D eigenvalue weighted by Gasteiger charge is -2.36. The molecule has 0 aromatic heterocycles. The number of likely N-dealkylation sites (tertiary alicyclic amines) is 1. The molecule has 3 saturated heterocycles. The highest BCUT2D eigenvalue weighted by Crippen LogP contribution is 2.59. The first-order valence-corrected chi connectivity index (χ1v) is 12.1. The minimum Gasteiger partial charge on any atom is -0.394 e. The normalized spacial score (nSPS) is 30.9. The summed E-state index contributed by atoms with van der Waals surface area (Å²) in [6, 6.07) is 4.36. The number of amides is 3. The lowest BCUT2D eigenvalue weighted by Crippen LogP contribution is -2.56. The number of anilines is 1. The number of hydrogen-bond donors (Lipinski definition) is 3. The summed E-state index contributed by atoms with van der Waals surface area (Å²) in [5, 5.41) is 16.0. The molecule has 1 spiro atoms. The number of carbonyl (C=O) groups excluding carboxylic acids is 3. The molecule has 3 amide bonds. The molecule has 0 aliphatic carbocycles. The second-order valence-corrected chi connectivity index (χ2v) is 9.59. The minimum absolute atomic E-state index is 0.186. The van der Waals surface area contributed by atoms with Crippen LogP contribution >= 0.6 is 0 Å². The van der Waals surface area contributed by atoms with Gasteiger partial charge in [-0.3, -0.25) is 14.4 Å². The molecule has 8 nitrogen and oxygen atoms in total. The molecule has 3 aliphatic rings. The van der Waals surface area contributed by atoms with Crippen LogP contribution in [0.3, 0.4) is 0 Å². The Labute approximate surface area is 195 Å². The van der Waals surface area contributed by atoms with Gasteiger partial charge < -0.3 is 25.4 Å². The number of aryl methyl sites for hydroxylation is 2. The van der Waals surface area contributed by atoms with Crippen LogP contribution in [-0.4, -0.2) is 64.7 Å². The largest absolute Gasteiger partial charge is 0.394 e. The van der Waals surface area contributed by atoms with E-state index in [-0.39, 0.29) is 30.4 Å². The summed E-state index contributed by atoms with van der Waals surface area (Å²) in [6.07, 6.45) is 2.08. The predicted octanol–water partition coefficient (Wildman–Crippen LogP) is 1.91. The zero-order chi connectivity index (χ0) is 23.9. The second kappa shape index (κ2) is 9.06. The van der Waals surface area contributed by atoms with Gasteiger partial charge in [-0.1, -0.05) is 32.0 Å². The highest BCUT2D eigenvalue weighted by molar-refractivity contribution is 6.04. The molecule has 3 aliphatic heterocycles. The molecule has 6 atom stereocenters. The number of rotatable bonds is 8. The summed E-state index contributed by atoms with van der Waals surface area (Å²) < 4.78 is 6.40. The Hall–Kier alpha value is -2.45. The quantitative estimate of drug-likeness (QED) is 0.553. The molecule has 2 bridgehead atoms. The fourth-order valence-corrected chi connectivity index (χ4v) is 6.07. The topological polar surface area (TPSA) is 108 Å². The molecule has 3 fully saturated rings. The van der Waals surface area contributed by atoms with Gasteiger partial charge in [-0.15, -0.1) is 0 Å². The molecule has 2 unspecified atom stereocenters. The van der Waals surface area contributed by atoms with Gasteiger partial charge in [0.05, 0.1) is 30.6 Å². The summed E-state index contributed by atoms with van der Waals surface area (Å²) in [6.45, 7) is 7.98. The van der Waals surface area contributed by atoms with Gasteiger partial charge in [0, 0.05) is 12.2 Å². The van der Waals surface area contributed by atoms with E-state index in [0.29, 0.717) is 25.8 Å². The number of nitrogens with one attached hydrogen (secondary N) is 2. The van der Waals surface area contributed by atoms with Gasteiger partial charge in [0.15, 0.2) is 0 Å². The molecule has 1 aromatic rings. The van der Waals surface area contributed by atoms with Crippen LogP contribution in [-0.2, 0) is 19.1 Å². The van der Waals surface area contributed by atoms with E-state index in [1.165, 1.54) is 4.90 Å². The Kier molecular flexibility index (Phi) is 6.51. The molecule has 0 saturated carbocycles. The minimum atomic E-state index is -1.06. The van der Waals surface area contributed by atoms with Crippen molar-refractivity contribution in [2.45, 2.75) is 77.2 Å². The van der Waals surface area contributed by atoms with Gasteiger partial charge in [-0.2, -0.15) is 0 Å². The van der Waals surface area contributed by atoms with Crippen molar-refractivity contribution in [3.63, 3.8) is 0 Å². The predicted molar refractivity (Wildman–Crippen MR) is 123 cm³/mol. The van der Waals surface area contributed by atoms with Crippen LogP contribution in [0.4, 0.5) is 5.69 Å². The van der Waals surface area contributed by atoms with Crippen molar-refractivity contribution in [2.75, 3.05) is 18.5 Å². The standard InChI is InChI=1S/C25H35N3O5/c1-5-12-26-22(30)18-17-10-11-25(33-17)19(18)24(32)28(16(6-2)13-29)21(25)23(31)27-20-14(3)8-7-9-15(20)4/h7-9,16-19,21,29H,5-6,10-13H2,1-4H3,(H,26,30)(H,27,31)/t16-,17+,18-,19-,21?,25?/m0/s1. The van der Waals surface area contributed by atoms with Gasteiger partial charge in [-0.25, -0.2) is 0 Å². The monoisotopic (exact) mass is 457 g/mol. The lowest BCUT2D eigenvalue weighted by molar-refractivity contribution is -0.144. The molecular weight excluding hydrogens is 422 g/mol. The number of aliphatic hydroxyl groups is 1. The van der Waals surface area contributed by atoms with Crippen LogP contribution in [0.25, 0.3) is 0 Å². The number of nitrogens with zero attached hydrogens (tertiary/aromatic N) is 1. The molecule has 8 heteroatoms. The number of carbonyl (C=O) groups is 3. The second-order valence-electron chi connectivity index (χ2n) is 9.59. The van der Waals surface area contributed by atoms with Crippen LogP contribution in [0.15, 0.2) is 18.2 Å². The van der Waals surface area contributed by atoms with E-state index >= 15 is 0 Å². The molecule has 3 N–H and O–H groups in total. The van der Waals surface area contributed by atoms with E-state index in [1.54, 1.807) is 0 Å². The van der Waals surface area contributed by atoms with E-state index < -0.39 is 29.5 Å². The number of hydrogen-bond acceptors (Lipinski definition) is 5. The Morgan fingerprint density at radius 3 is 2.55 bits per heavy atom. The maximum Gasteiger partial charge on any atom is 0.250 e. The average molecular weight is 458 g/mol. The van der Waals surface area contributed by atoms with E-state index in [2.05, 4.69) is 10.6 Å². The van der Waals surface area contributed by atoms with Crippen LogP contribution in [0.1, 0.15) is 50.7 Å². The zero-order valence-corrected chi connectivity index (χ0v) is 19.9. The summed E-state index contributed by atoms with van der Waals surface area (Å²) in [4.78, 5) is 42.2. The van der Waals surface area contributed by atoms with Crippen molar-refractivity contribution in [3.8, 4) is 0 Å². The van der Waals surface area contributed by atoms with Gasteiger partial charge in [0.2, 0.25) is 17.7 Å². The van der Waals surface area contributed by atoms with E-state index in [0.717, 1.165) is 23.2 Å². The Balaban J connectivity index is 1.73. The molecular formula is C25H35N3O5. The smallest absolute Gasteiger partial charge is 0.250 e. The fraction of sp³-hybridized carbons (Fsp3) is 0.640. The van der Waals surface area contributed by atoms with E-state index in [1.807, 2.05) is 45.9 Å². The number of ether oxygens (including phenoxy) is 1. The number of benzene rings is 1. The van der Waals surface area contributed by atoms with Crippen molar-refractivity contribution in [2.24, 2.45) is 11.8 Å². The van der Waals surface area contributed by atoms with Crippen LogP contribution in [0.2, 0.25) is 0 Å². The Morgan fingerprint density at radius 1 is 1.24 bits per heavy atom. The van der Waals surface area contributed by atoms with E-state index in [9.17, 15) is 19.5 Å². The zero-order valence-electron chi connectivity index (χ0n) is 19.9. The SMILES string of the molecule is CCCNC(=O)[C@@H]1[C@H]2C(=O)N([C@@H](CC)CO)C(C(=O)Nc3c(C)cccc3C)C23CC[C@H]1O3. The van der Waals surface area contributed by atoms with Gasteiger partial charge in [-0.05, 0) is 50.7 Å². The Morgan fingerprint density at radius 2 is 1.94 bits per heavy atom. The number of fused-ring (bicyclic) bond motifs is 1. The molecule has 0 radical (unpaired) electrons. The van der Waals surface area contributed by atoms with Gasteiger partial charge in [0.25, 0.3) is 0 Å². The van der Waals surface area contributed by atoms with Crippen molar-refractivity contribution in [3.05, 3.63) is 29.3 Å². The van der Waals surface area contributed by atoms with Gasteiger partial charge >= 0.3 is 0 Å². The first-order chi connectivity index (χ1) is 15.8. The third-order valence-corrected chi connectivity index (χ3v) is 7.64. The summed E-state index contributed by atoms with van der Waals surface area (Å²) in [7, 11) is 0. The number of aliphatic hydroxyl groups excluding tert-OH is 1. The van der Waals surface area contributed by atoms with Crippen molar-refractivity contribution in [1.29, 1.82) is 0 Å². The molecule has 1 aromatic carbocycles. The van der Waals surface area contributed by atoms with Crippen molar-refractivity contribution >= 4 is 23.4 Å². The van der Waals surface area contributed by atoms with Crippen LogP contribution in [0.5, 0.6) is 0 Å². The highest BCUT2D eigenvalue weighted by atomic mass is 16.5. The lowest BCUT2D eigenvalue weighted by atomic mass is 9.70. The highest BCUT2D eigenvalue weighted by Gasteiger charge is 2.75. The average Bonchev–Trinajstić information content (AvgIpc) is 3.43.